The SMILES string of the molecule is CCNc1nc(CCOC2=CC3Cc4ccccc4C(CC(=O)O)=CC3C=C2)cs1. The largest absolute Gasteiger partial charge is 0.494 e. The van der Waals surface area contributed by atoms with Gasteiger partial charge < -0.3 is 15.2 Å². The minimum absolute atomic E-state index is 0.0453. The van der Waals surface area contributed by atoms with E-state index in [4.69, 9.17) is 4.74 Å². The summed E-state index contributed by atoms with van der Waals surface area (Å²) in [6.45, 7) is 3.51. The van der Waals surface area contributed by atoms with Gasteiger partial charge in [0.2, 0.25) is 0 Å². The number of aliphatic carboxylic acids is 1. The average Bonchev–Trinajstić information content (AvgIpc) is 3.10. The predicted octanol–water partition coefficient (Wildman–Crippen LogP) is 4.93. The van der Waals surface area contributed by atoms with Crippen molar-refractivity contribution in [2.45, 2.75) is 26.2 Å². The third kappa shape index (κ3) is 4.82. The summed E-state index contributed by atoms with van der Waals surface area (Å²) < 4.78 is 6.03. The fraction of sp³-hybridized carbons (Fsp3) is 0.333. The van der Waals surface area contributed by atoms with Crippen LogP contribution in [0.3, 0.4) is 0 Å². The molecule has 0 aliphatic heterocycles. The topological polar surface area (TPSA) is 71.5 Å². The second kappa shape index (κ2) is 9.30. The number of hydrogen-bond donors (Lipinski definition) is 2. The summed E-state index contributed by atoms with van der Waals surface area (Å²) >= 11 is 1.62. The number of nitrogens with zero attached hydrogens (tertiary/aromatic N) is 1. The van der Waals surface area contributed by atoms with Gasteiger partial charge in [0.05, 0.1) is 18.7 Å². The van der Waals surface area contributed by atoms with Crippen LogP contribution in [0.25, 0.3) is 5.57 Å². The summed E-state index contributed by atoms with van der Waals surface area (Å²) in [5.74, 6) is 0.525. The van der Waals surface area contributed by atoms with E-state index in [9.17, 15) is 9.90 Å². The molecular formula is C24H26N2O3S. The third-order valence-corrected chi connectivity index (χ3v) is 6.27. The quantitative estimate of drug-likeness (QED) is 0.631. The minimum atomic E-state index is -0.798. The number of anilines is 1. The molecule has 4 rings (SSSR count). The van der Waals surface area contributed by atoms with E-state index in [-0.39, 0.29) is 18.3 Å². The maximum atomic E-state index is 11.4. The van der Waals surface area contributed by atoms with Gasteiger partial charge in [-0.25, -0.2) is 4.98 Å². The second-order valence-corrected chi connectivity index (χ2v) is 8.42. The van der Waals surface area contributed by atoms with Crippen molar-refractivity contribution in [2.24, 2.45) is 11.8 Å². The number of carboxylic acid groups (broad SMARTS) is 1. The number of ether oxygens (including phenoxy) is 1. The molecule has 5 nitrogen and oxygen atoms in total. The molecule has 1 heterocycles. The number of benzene rings is 1. The molecule has 1 aromatic carbocycles. The number of allylic oxidation sites excluding steroid dienone is 4. The summed E-state index contributed by atoms with van der Waals surface area (Å²) in [4.78, 5) is 15.9. The number of thiazole rings is 1. The van der Waals surface area contributed by atoms with Gasteiger partial charge in [-0.05, 0) is 48.1 Å². The first kappa shape index (κ1) is 20.4. The van der Waals surface area contributed by atoms with Gasteiger partial charge in [-0.3, -0.25) is 4.79 Å². The zero-order valence-electron chi connectivity index (χ0n) is 17.0. The summed E-state index contributed by atoms with van der Waals surface area (Å²) in [6, 6.07) is 8.13. The lowest BCUT2D eigenvalue weighted by atomic mass is 9.84. The highest BCUT2D eigenvalue weighted by Gasteiger charge is 2.26. The molecule has 1 aromatic heterocycles. The summed E-state index contributed by atoms with van der Waals surface area (Å²) in [5, 5.41) is 15.6. The van der Waals surface area contributed by atoms with Crippen molar-refractivity contribution in [1.29, 1.82) is 0 Å². The van der Waals surface area contributed by atoms with Crippen molar-refractivity contribution in [3.8, 4) is 0 Å². The molecule has 2 atom stereocenters. The fourth-order valence-corrected chi connectivity index (χ4v) is 4.84. The molecule has 2 N–H and O–H groups in total. The van der Waals surface area contributed by atoms with E-state index in [0.29, 0.717) is 6.61 Å². The lowest BCUT2D eigenvalue weighted by Gasteiger charge is -2.23. The molecule has 0 saturated heterocycles. The van der Waals surface area contributed by atoms with Crippen molar-refractivity contribution in [2.75, 3.05) is 18.5 Å². The number of rotatable bonds is 8. The van der Waals surface area contributed by atoms with Crippen LogP contribution in [0.4, 0.5) is 5.13 Å². The first-order valence-corrected chi connectivity index (χ1v) is 11.2. The Labute approximate surface area is 180 Å². The first-order valence-electron chi connectivity index (χ1n) is 10.3. The highest BCUT2D eigenvalue weighted by molar-refractivity contribution is 7.13. The molecule has 0 bridgehead atoms. The Morgan fingerprint density at radius 3 is 3.03 bits per heavy atom. The normalized spacial score (nSPS) is 19.8. The predicted molar refractivity (Wildman–Crippen MR) is 121 cm³/mol. The van der Waals surface area contributed by atoms with E-state index in [1.807, 2.05) is 24.3 Å². The fourth-order valence-electron chi connectivity index (χ4n) is 4.03. The molecule has 2 unspecified atom stereocenters. The molecule has 2 aliphatic carbocycles. The maximum Gasteiger partial charge on any atom is 0.307 e. The van der Waals surface area contributed by atoms with Crippen molar-refractivity contribution in [1.82, 2.24) is 4.98 Å². The number of fused-ring (bicyclic) bond motifs is 2. The molecule has 0 spiro atoms. The summed E-state index contributed by atoms with van der Waals surface area (Å²) in [5.41, 5.74) is 4.19. The van der Waals surface area contributed by atoms with Gasteiger partial charge in [0.15, 0.2) is 5.13 Å². The standard InChI is InChI=1S/C24H26N2O3S/c1-2-25-24-26-20(15-30-24)9-10-29-21-8-7-16-11-19(14-23(27)28)22-6-4-3-5-17(22)12-18(16)13-21/h3-8,11,13,15-16,18H,2,9-10,12,14H2,1H3,(H,25,26)(H,27,28). The highest BCUT2D eigenvalue weighted by Crippen LogP contribution is 2.37. The zero-order chi connectivity index (χ0) is 20.9. The van der Waals surface area contributed by atoms with Crippen LogP contribution >= 0.6 is 11.3 Å². The molecule has 6 heteroatoms. The molecule has 0 fully saturated rings. The van der Waals surface area contributed by atoms with Crippen LogP contribution < -0.4 is 5.32 Å². The number of aromatic nitrogens is 1. The van der Waals surface area contributed by atoms with E-state index in [1.165, 1.54) is 5.56 Å². The first-order chi connectivity index (χ1) is 14.6. The van der Waals surface area contributed by atoms with Crippen molar-refractivity contribution in [3.05, 3.63) is 76.5 Å². The molecular weight excluding hydrogens is 396 g/mol. The van der Waals surface area contributed by atoms with Gasteiger partial charge >= 0.3 is 5.97 Å². The smallest absolute Gasteiger partial charge is 0.307 e. The zero-order valence-corrected chi connectivity index (χ0v) is 17.8. The molecule has 2 aromatic rings. The van der Waals surface area contributed by atoms with Gasteiger partial charge in [0, 0.05) is 24.3 Å². The van der Waals surface area contributed by atoms with E-state index in [2.05, 4.69) is 46.9 Å². The Bertz CT molecular complexity index is 1010. The average molecular weight is 423 g/mol. The molecule has 0 amide bonds. The van der Waals surface area contributed by atoms with Crippen LogP contribution in [0.2, 0.25) is 0 Å². The van der Waals surface area contributed by atoms with Gasteiger partial charge in [0.1, 0.15) is 5.76 Å². The molecule has 0 saturated carbocycles. The van der Waals surface area contributed by atoms with Crippen LogP contribution in [0, 0.1) is 11.8 Å². The highest BCUT2D eigenvalue weighted by atomic mass is 32.1. The number of carbonyl (C=O) groups is 1. The molecule has 0 radical (unpaired) electrons. The van der Waals surface area contributed by atoms with Crippen LogP contribution in [0.1, 0.15) is 30.2 Å². The van der Waals surface area contributed by atoms with E-state index in [1.54, 1.807) is 11.3 Å². The van der Waals surface area contributed by atoms with Crippen molar-refractivity contribution >= 4 is 28.0 Å². The Morgan fingerprint density at radius 1 is 1.33 bits per heavy atom. The second-order valence-electron chi connectivity index (χ2n) is 7.57. The van der Waals surface area contributed by atoms with Gasteiger partial charge in [-0.1, -0.05) is 36.4 Å². The monoisotopic (exact) mass is 422 g/mol. The Morgan fingerprint density at radius 2 is 2.20 bits per heavy atom. The number of carboxylic acids is 1. The number of hydrogen-bond acceptors (Lipinski definition) is 5. The van der Waals surface area contributed by atoms with Crippen LogP contribution in [0.5, 0.6) is 0 Å². The number of nitrogens with one attached hydrogen (secondary N) is 1. The van der Waals surface area contributed by atoms with Crippen LogP contribution in [-0.4, -0.2) is 29.2 Å². The Balaban J connectivity index is 1.44. The molecule has 156 valence electrons. The van der Waals surface area contributed by atoms with Crippen LogP contribution in [0.15, 0.2) is 59.7 Å². The van der Waals surface area contributed by atoms with Crippen LogP contribution in [-0.2, 0) is 22.4 Å². The lowest BCUT2D eigenvalue weighted by molar-refractivity contribution is -0.135. The molecule has 30 heavy (non-hydrogen) atoms. The van der Waals surface area contributed by atoms with Gasteiger partial charge in [-0.15, -0.1) is 11.3 Å². The van der Waals surface area contributed by atoms with E-state index < -0.39 is 5.97 Å². The van der Waals surface area contributed by atoms with Gasteiger partial charge in [-0.2, -0.15) is 0 Å². The van der Waals surface area contributed by atoms with Crippen molar-refractivity contribution in [3.63, 3.8) is 0 Å². The summed E-state index contributed by atoms with van der Waals surface area (Å²) in [6.07, 6.45) is 10.1. The Hall–Kier alpha value is -2.86. The lowest BCUT2D eigenvalue weighted by Crippen LogP contribution is -2.15. The Kier molecular flexibility index (Phi) is 6.33. The maximum absolute atomic E-state index is 11.4. The molecule has 2 aliphatic rings. The van der Waals surface area contributed by atoms with Gasteiger partial charge in [0.25, 0.3) is 0 Å². The van der Waals surface area contributed by atoms with E-state index in [0.717, 1.165) is 47.1 Å². The third-order valence-electron chi connectivity index (χ3n) is 5.42. The van der Waals surface area contributed by atoms with E-state index >= 15 is 0 Å². The summed E-state index contributed by atoms with van der Waals surface area (Å²) in [7, 11) is 0. The van der Waals surface area contributed by atoms with Crippen molar-refractivity contribution < 1.29 is 14.6 Å². The minimum Gasteiger partial charge on any atom is -0.494 e.